The number of rotatable bonds is 4. The minimum atomic E-state index is -0.526. The third kappa shape index (κ3) is 3.27. The minimum Gasteiger partial charge on any atom is -0.507 e. The highest BCUT2D eigenvalue weighted by Crippen LogP contribution is 2.28. The van der Waals surface area contributed by atoms with Crippen molar-refractivity contribution in [2.75, 3.05) is 12.8 Å². The number of phenolic OH excluding ortho intramolecular Hbond substituents is 1. The van der Waals surface area contributed by atoms with Crippen molar-refractivity contribution in [3.05, 3.63) is 52.1 Å². The van der Waals surface area contributed by atoms with Crippen LogP contribution in [0.25, 0.3) is 0 Å². The SMILES string of the molecule is COc1ccc(O)c(C=Nc2cc([N+](=O)[O-])ccc2N)c1. The van der Waals surface area contributed by atoms with Crippen molar-refractivity contribution in [1.29, 1.82) is 0 Å². The lowest BCUT2D eigenvalue weighted by Crippen LogP contribution is -1.91. The van der Waals surface area contributed by atoms with Gasteiger partial charge in [0, 0.05) is 23.9 Å². The highest BCUT2D eigenvalue weighted by atomic mass is 16.6. The molecule has 7 heteroatoms. The highest BCUT2D eigenvalue weighted by Gasteiger charge is 2.08. The average Bonchev–Trinajstić information content (AvgIpc) is 2.47. The zero-order chi connectivity index (χ0) is 15.4. The normalized spacial score (nSPS) is 10.7. The number of aromatic hydroxyl groups is 1. The molecule has 0 amide bonds. The first-order valence-electron chi connectivity index (χ1n) is 5.96. The summed E-state index contributed by atoms with van der Waals surface area (Å²) in [6, 6.07) is 8.65. The van der Waals surface area contributed by atoms with Crippen LogP contribution in [0.3, 0.4) is 0 Å². The quantitative estimate of drug-likeness (QED) is 0.388. The fourth-order valence-electron chi connectivity index (χ4n) is 1.66. The summed E-state index contributed by atoms with van der Waals surface area (Å²) in [4.78, 5) is 14.3. The number of nitrogen functional groups attached to an aromatic ring is 1. The van der Waals surface area contributed by atoms with Crippen LogP contribution in [-0.2, 0) is 0 Å². The van der Waals surface area contributed by atoms with Gasteiger partial charge in [-0.1, -0.05) is 0 Å². The first kappa shape index (κ1) is 14.3. The number of methoxy groups -OCH3 is 1. The van der Waals surface area contributed by atoms with E-state index in [1.165, 1.54) is 37.6 Å². The number of hydrogen-bond donors (Lipinski definition) is 2. The molecule has 7 nitrogen and oxygen atoms in total. The van der Waals surface area contributed by atoms with Gasteiger partial charge in [0.05, 0.1) is 23.4 Å². The van der Waals surface area contributed by atoms with E-state index in [4.69, 9.17) is 10.5 Å². The van der Waals surface area contributed by atoms with Crippen molar-refractivity contribution >= 4 is 23.3 Å². The molecule has 0 aromatic heterocycles. The Balaban J connectivity index is 2.37. The van der Waals surface area contributed by atoms with Crippen molar-refractivity contribution in [3.8, 4) is 11.5 Å². The largest absolute Gasteiger partial charge is 0.507 e. The molecule has 0 aliphatic carbocycles. The summed E-state index contributed by atoms with van der Waals surface area (Å²) in [5.41, 5.74) is 6.60. The number of ether oxygens (including phenoxy) is 1. The summed E-state index contributed by atoms with van der Waals surface area (Å²) < 4.78 is 5.05. The molecule has 0 spiro atoms. The van der Waals surface area contributed by atoms with E-state index in [9.17, 15) is 15.2 Å². The molecule has 2 aromatic carbocycles. The van der Waals surface area contributed by atoms with E-state index in [1.54, 1.807) is 12.1 Å². The molecular weight excluding hydrogens is 274 g/mol. The number of nitro benzene ring substituents is 1. The Morgan fingerprint density at radius 2 is 2.10 bits per heavy atom. The molecule has 0 atom stereocenters. The van der Waals surface area contributed by atoms with Gasteiger partial charge in [-0.05, 0) is 24.3 Å². The standard InChI is InChI=1S/C14H13N3O4/c1-21-11-3-5-14(18)9(6-11)8-16-13-7-10(17(19)20)2-4-12(13)15/h2-8,18H,15H2,1H3. The molecule has 0 heterocycles. The fourth-order valence-corrected chi connectivity index (χ4v) is 1.66. The lowest BCUT2D eigenvalue weighted by atomic mass is 10.2. The second-order valence-electron chi connectivity index (χ2n) is 4.18. The van der Waals surface area contributed by atoms with Crippen LogP contribution in [0.1, 0.15) is 5.56 Å². The molecule has 0 radical (unpaired) electrons. The van der Waals surface area contributed by atoms with Crippen LogP contribution in [-0.4, -0.2) is 23.4 Å². The summed E-state index contributed by atoms with van der Waals surface area (Å²) in [6.07, 6.45) is 1.37. The second kappa shape index (κ2) is 5.91. The van der Waals surface area contributed by atoms with Gasteiger partial charge in [0.1, 0.15) is 11.5 Å². The summed E-state index contributed by atoms with van der Waals surface area (Å²) >= 11 is 0. The van der Waals surface area contributed by atoms with Crippen molar-refractivity contribution in [3.63, 3.8) is 0 Å². The molecule has 0 bridgehead atoms. The van der Waals surface area contributed by atoms with E-state index < -0.39 is 4.92 Å². The number of aliphatic imine (C=N–C) groups is 1. The molecule has 21 heavy (non-hydrogen) atoms. The molecular formula is C14H13N3O4. The van der Waals surface area contributed by atoms with Crippen LogP contribution in [0.2, 0.25) is 0 Å². The first-order valence-corrected chi connectivity index (χ1v) is 5.96. The Morgan fingerprint density at radius 1 is 1.33 bits per heavy atom. The number of hydrogen-bond acceptors (Lipinski definition) is 6. The van der Waals surface area contributed by atoms with Gasteiger partial charge in [0.25, 0.3) is 5.69 Å². The van der Waals surface area contributed by atoms with Crippen LogP contribution >= 0.6 is 0 Å². The molecule has 0 unspecified atom stereocenters. The summed E-state index contributed by atoms with van der Waals surface area (Å²) in [5, 5.41) is 20.5. The lowest BCUT2D eigenvalue weighted by Gasteiger charge is -2.03. The predicted molar refractivity (Wildman–Crippen MR) is 79.4 cm³/mol. The lowest BCUT2D eigenvalue weighted by molar-refractivity contribution is -0.384. The molecule has 0 aliphatic rings. The van der Waals surface area contributed by atoms with Gasteiger partial charge in [-0.15, -0.1) is 0 Å². The number of phenols is 1. The molecule has 0 fully saturated rings. The third-order valence-electron chi connectivity index (χ3n) is 2.80. The summed E-state index contributed by atoms with van der Waals surface area (Å²) in [5.74, 6) is 0.574. The van der Waals surface area contributed by atoms with Gasteiger partial charge in [-0.25, -0.2) is 0 Å². The van der Waals surface area contributed by atoms with Crippen molar-refractivity contribution in [2.24, 2.45) is 4.99 Å². The minimum absolute atomic E-state index is 0.0172. The van der Waals surface area contributed by atoms with Crippen LogP contribution in [0, 0.1) is 10.1 Å². The maximum Gasteiger partial charge on any atom is 0.271 e. The van der Waals surface area contributed by atoms with Crippen LogP contribution in [0.4, 0.5) is 17.1 Å². The predicted octanol–water partition coefficient (Wildman–Crippen LogP) is 2.64. The highest BCUT2D eigenvalue weighted by molar-refractivity contribution is 5.87. The average molecular weight is 287 g/mol. The zero-order valence-corrected chi connectivity index (χ0v) is 11.2. The van der Waals surface area contributed by atoms with E-state index in [-0.39, 0.29) is 17.1 Å². The monoisotopic (exact) mass is 287 g/mol. The maximum atomic E-state index is 10.7. The van der Waals surface area contributed by atoms with Crippen LogP contribution < -0.4 is 10.5 Å². The van der Waals surface area contributed by atoms with E-state index in [0.29, 0.717) is 17.0 Å². The van der Waals surface area contributed by atoms with Gasteiger partial charge < -0.3 is 15.6 Å². The third-order valence-corrected chi connectivity index (χ3v) is 2.80. The molecule has 0 aliphatic heterocycles. The first-order chi connectivity index (χ1) is 10.0. The number of nitro groups is 1. The number of anilines is 1. The van der Waals surface area contributed by atoms with E-state index in [0.717, 1.165) is 0 Å². The van der Waals surface area contributed by atoms with Gasteiger partial charge in [0.15, 0.2) is 0 Å². The van der Waals surface area contributed by atoms with Gasteiger partial charge in [-0.3, -0.25) is 15.1 Å². The van der Waals surface area contributed by atoms with Gasteiger partial charge in [-0.2, -0.15) is 0 Å². The van der Waals surface area contributed by atoms with Gasteiger partial charge in [0.2, 0.25) is 0 Å². The van der Waals surface area contributed by atoms with Crippen molar-refractivity contribution in [1.82, 2.24) is 0 Å². The molecule has 0 saturated heterocycles. The van der Waals surface area contributed by atoms with Crippen LogP contribution in [0.15, 0.2) is 41.4 Å². The summed E-state index contributed by atoms with van der Waals surface area (Å²) in [6.45, 7) is 0. The number of benzene rings is 2. The Hall–Kier alpha value is -3.09. The molecule has 108 valence electrons. The zero-order valence-electron chi connectivity index (χ0n) is 11.2. The van der Waals surface area contributed by atoms with Crippen molar-refractivity contribution < 1.29 is 14.8 Å². The van der Waals surface area contributed by atoms with Crippen molar-refractivity contribution in [2.45, 2.75) is 0 Å². The second-order valence-corrected chi connectivity index (χ2v) is 4.18. The van der Waals surface area contributed by atoms with E-state index in [1.807, 2.05) is 0 Å². The number of nitrogens with zero attached hydrogens (tertiary/aromatic N) is 2. The Kier molecular flexibility index (Phi) is 4.03. The Bertz CT molecular complexity index is 713. The van der Waals surface area contributed by atoms with Crippen LogP contribution in [0.5, 0.6) is 11.5 Å². The van der Waals surface area contributed by atoms with E-state index >= 15 is 0 Å². The fraction of sp³-hybridized carbons (Fsp3) is 0.0714. The summed E-state index contributed by atoms with van der Waals surface area (Å²) in [7, 11) is 1.51. The molecule has 2 aromatic rings. The smallest absolute Gasteiger partial charge is 0.271 e. The Morgan fingerprint density at radius 3 is 2.76 bits per heavy atom. The van der Waals surface area contributed by atoms with E-state index in [2.05, 4.69) is 4.99 Å². The number of non-ortho nitro benzene ring substituents is 1. The topological polar surface area (TPSA) is 111 Å². The maximum absolute atomic E-state index is 10.7. The molecule has 0 saturated carbocycles. The number of nitrogens with two attached hydrogens (primary N) is 1. The Labute approximate surface area is 120 Å². The molecule has 2 rings (SSSR count). The van der Waals surface area contributed by atoms with Gasteiger partial charge >= 0.3 is 0 Å². The molecule has 3 N–H and O–H groups in total.